The van der Waals surface area contributed by atoms with Gasteiger partial charge in [-0.1, -0.05) is 12.1 Å². The van der Waals surface area contributed by atoms with Gasteiger partial charge in [-0.25, -0.2) is 4.39 Å². The fraction of sp³-hybridized carbons (Fsp3) is 0.192. The average molecular weight is 460 g/mol. The van der Waals surface area contributed by atoms with Crippen molar-refractivity contribution >= 4 is 16.8 Å². The van der Waals surface area contributed by atoms with Gasteiger partial charge in [0.1, 0.15) is 12.4 Å². The van der Waals surface area contributed by atoms with Gasteiger partial charge in [-0.2, -0.15) is 0 Å². The minimum atomic E-state index is -0.366. The highest BCUT2D eigenvalue weighted by atomic mass is 19.1. The van der Waals surface area contributed by atoms with Crippen LogP contribution in [-0.2, 0) is 6.54 Å². The molecule has 0 saturated carbocycles. The number of ether oxygens (including phenoxy) is 4. The predicted octanol–water partition coefficient (Wildman–Crippen LogP) is 4.52. The van der Waals surface area contributed by atoms with Crippen molar-refractivity contribution in [3.8, 4) is 23.0 Å². The van der Waals surface area contributed by atoms with E-state index in [1.165, 1.54) is 12.1 Å². The van der Waals surface area contributed by atoms with Crippen molar-refractivity contribution in [2.24, 2.45) is 0 Å². The molecular formula is C26H21FN2O5. The molecule has 1 N–H and O–H groups in total. The Hall–Kier alpha value is -4.20. The third-order valence-corrected chi connectivity index (χ3v) is 5.99. The summed E-state index contributed by atoms with van der Waals surface area (Å²) in [7, 11) is 0. The Morgan fingerprint density at radius 2 is 1.79 bits per heavy atom. The van der Waals surface area contributed by atoms with Crippen LogP contribution in [0.5, 0.6) is 23.0 Å². The molecule has 0 radical (unpaired) electrons. The number of halogens is 1. The lowest BCUT2D eigenvalue weighted by Crippen LogP contribution is -2.43. The van der Waals surface area contributed by atoms with Crippen LogP contribution in [0.2, 0.25) is 0 Å². The second-order valence-electron chi connectivity index (χ2n) is 8.26. The molecule has 8 heteroatoms. The lowest BCUT2D eigenvalue weighted by molar-refractivity contribution is 0.0445. The lowest BCUT2D eigenvalue weighted by Gasteiger charge is -2.31. The Kier molecular flexibility index (Phi) is 4.98. The molecule has 6 rings (SSSR count). The number of nitrogens with one attached hydrogen (secondary N) is 1. The molecule has 2 aliphatic rings. The van der Waals surface area contributed by atoms with Crippen molar-refractivity contribution in [1.29, 1.82) is 0 Å². The molecule has 7 nitrogen and oxygen atoms in total. The van der Waals surface area contributed by atoms with Crippen LogP contribution in [0.4, 0.5) is 4.39 Å². The molecule has 0 bridgehead atoms. The van der Waals surface area contributed by atoms with Crippen molar-refractivity contribution < 1.29 is 28.1 Å². The topological polar surface area (TPSA) is 73.0 Å². The van der Waals surface area contributed by atoms with Crippen LogP contribution in [0, 0.1) is 5.82 Å². The van der Waals surface area contributed by atoms with Gasteiger partial charge >= 0.3 is 0 Å². The third kappa shape index (κ3) is 3.77. The summed E-state index contributed by atoms with van der Waals surface area (Å²) in [6.45, 7) is 0.983. The summed E-state index contributed by atoms with van der Waals surface area (Å²) in [6.07, 6.45) is 1.44. The fourth-order valence-corrected chi connectivity index (χ4v) is 4.32. The molecule has 3 aromatic carbocycles. The second-order valence-corrected chi connectivity index (χ2v) is 8.26. The van der Waals surface area contributed by atoms with E-state index in [0.29, 0.717) is 35.2 Å². The molecule has 1 aromatic heterocycles. The van der Waals surface area contributed by atoms with Crippen LogP contribution in [0.3, 0.4) is 0 Å². The fourth-order valence-electron chi connectivity index (χ4n) is 4.32. The Bertz CT molecular complexity index is 1380. The number of aromatic nitrogens is 1. The van der Waals surface area contributed by atoms with E-state index in [4.69, 9.17) is 18.9 Å². The summed E-state index contributed by atoms with van der Waals surface area (Å²) in [5, 5.41) is 0.731. The molecule has 34 heavy (non-hydrogen) atoms. The highest BCUT2D eigenvalue weighted by Gasteiger charge is 2.28. The monoisotopic (exact) mass is 460 g/mol. The minimum Gasteiger partial charge on any atom is -0.486 e. The van der Waals surface area contributed by atoms with E-state index >= 15 is 0 Å². The summed E-state index contributed by atoms with van der Waals surface area (Å²) < 4.78 is 36.7. The van der Waals surface area contributed by atoms with Gasteiger partial charge in [0.15, 0.2) is 29.1 Å². The molecule has 2 aliphatic heterocycles. The Morgan fingerprint density at radius 3 is 2.71 bits per heavy atom. The number of hydrogen-bond acceptors (Lipinski definition) is 5. The molecular weight excluding hydrogens is 439 g/mol. The smallest absolute Gasteiger partial charge is 0.254 e. The number of fused-ring (bicyclic) bond motifs is 3. The van der Waals surface area contributed by atoms with E-state index in [-0.39, 0.29) is 37.7 Å². The van der Waals surface area contributed by atoms with E-state index in [2.05, 4.69) is 4.98 Å². The maximum atomic E-state index is 13.9. The van der Waals surface area contributed by atoms with Gasteiger partial charge in [-0.3, -0.25) is 4.79 Å². The zero-order chi connectivity index (χ0) is 23.1. The largest absolute Gasteiger partial charge is 0.486 e. The first-order valence-electron chi connectivity index (χ1n) is 11.0. The van der Waals surface area contributed by atoms with E-state index in [9.17, 15) is 9.18 Å². The van der Waals surface area contributed by atoms with Gasteiger partial charge in [-0.15, -0.1) is 0 Å². The van der Waals surface area contributed by atoms with E-state index in [1.807, 2.05) is 24.3 Å². The first kappa shape index (κ1) is 20.4. The molecule has 0 aliphatic carbocycles. The second kappa shape index (κ2) is 8.30. The van der Waals surface area contributed by atoms with Crippen LogP contribution in [-0.4, -0.2) is 41.8 Å². The van der Waals surface area contributed by atoms with Gasteiger partial charge in [0.05, 0.1) is 6.54 Å². The van der Waals surface area contributed by atoms with Crippen molar-refractivity contribution in [2.45, 2.75) is 12.6 Å². The average Bonchev–Trinajstić information content (AvgIpc) is 3.49. The molecule has 3 heterocycles. The maximum absolute atomic E-state index is 13.9. The number of carbonyl (C=O) groups is 1. The SMILES string of the molecule is O=C(c1ccc2c(c1)OCO2)N(Cc1c[nH]c2ccc(F)cc12)CC1COc2ccccc2O1. The van der Waals surface area contributed by atoms with E-state index in [0.717, 1.165) is 16.5 Å². The van der Waals surface area contributed by atoms with Crippen LogP contribution in [0.1, 0.15) is 15.9 Å². The standard InChI is InChI=1S/C26H21FN2O5/c27-18-6-7-21-20(10-18)17(11-28-21)12-29(13-19-14-31-22-3-1-2-4-24(22)34-19)26(30)16-5-8-23-25(9-16)33-15-32-23/h1-11,19,28H,12-15H2. The van der Waals surface area contributed by atoms with Gasteiger partial charge in [-0.05, 0) is 54.1 Å². The Labute approximate surface area is 194 Å². The van der Waals surface area contributed by atoms with Crippen LogP contribution < -0.4 is 18.9 Å². The summed E-state index contributed by atoms with van der Waals surface area (Å²) in [4.78, 5) is 18.5. The normalized spacial score (nSPS) is 16.0. The maximum Gasteiger partial charge on any atom is 0.254 e. The van der Waals surface area contributed by atoms with E-state index < -0.39 is 0 Å². The molecule has 1 unspecified atom stereocenters. The molecule has 0 spiro atoms. The van der Waals surface area contributed by atoms with E-state index in [1.54, 1.807) is 35.4 Å². The zero-order valence-electron chi connectivity index (χ0n) is 18.1. The number of hydrogen-bond donors (Lipinski definition) is 1. The quantitative estimate of drug-likeness (QED) is 0.474. The molecule has 0 saturated heterocycles. The summed E-state index contributed by atoms with van der Waals surface area (Å²) in [6, 6.07) is 17.1. The number of aromatic amines is 1. The highest BCUT2D eigenvalue weighted by molar-refractivity contribution is 5.95. The van der Waals surface area contributed by atoms with Crippen molar-refractivity contribution in [3.63, 3.8) is 0 Å². The van der Waals surface area contributed by atoms with Crippen LogP contribution >= 0.6 is 0 Å². The predicted molar refractivity (Wildman–Crippen MR) is 122 cm³/mol. The molecule has 172 valence electrons. The number of H-pyrrole nitrogens is 1. The lowest BCUT2D eigenvalue weighted by atomic mass is 10.1. The van der Waals surface area contributed by atoms with Gasteiger partial charge in [0, 0.05) is 29.2 Å². The number of para-hydroxylation sites is 2. The molecule has 0 fully saturated rings. The molecule has 1 amide bonds. The zero-order valence-corrected chi connectivity index (χ0v) is 18.1. The number of nitrogens with zero attached hydrogens (tertiary/aromatic N) is 1. The van der Waals surface area contributed by atoms with Crippen LogP contribution in [0.15, 0.2) is 66.9 Å². The Balaban J connectivity index is 1.31. The molecule has 1 atom stereocenters. The van der Waals surface area contributed by atoms with Gasteiger partial charge in [0.25, 0.3) is 5.91 Å². The minimum absolute atomic E-state index is 0.129. The highest BCUT2D eigenvalue weighted by Crippen LogP contribution is 2.34. The summed E-state index contributed by atoms with van der Waals surface area (Å²) in [5.41, 5.74) is 2.08. The first-order chi connectivity index (χ1) is 16.6. The van der Waals surface area contributed by atoms with Crippen molar-refractivity contribution in [3.05, 3.63) is 83.8 Å². The summed E-state index contributed by atoms with van der Waals surface area (Å²) >= 11 is 0. The van der Waals surface area contributed by atoms with Crippen LogP contribution in [0.25, 0.3) is 10.9 Å². The Morgan fingerprint density at radius 1 is 0.971 bits per heavy atom. The molecule has 4 aromatic rings. The summed E-state index contributed by atoms with van der Waals surface area (Å²) in [5.74, 6) is 1.93. The van der Waals surface area contributed by atoms with Crippen molar-refractivity contribution in [1.82, 2.24) is 9.88 Å². The number of carbonyl (C=O) groups excluding carboxylic acids is 1. The van der Waals surface area contributed by atoms with Gasteiger partial charge in [0.2, 0.25) is 6.79 Å². The van der Waals surface area contributed by atoms with Crippen molar-refractivity contribution in [2.75, 3.05) is 19.9 Å². The van der Waals surface area contributed by atoms with Gasteiger partial charge < -0.3 is 28.8 Å². The number of rotatable bonds is 5. The number of amides is 1. The third-order valence-electron chi connectivity index (χ3n) is 5.99. The number of benzene rings is 3. The first-order valence-corrected chi connectivity index (χ1v) is 11.0.